The first-order valence-corrected chi connectivity index (χ1v) is 5.94. The normalized spacial score (nSPS) is 14.0. The number of methoxy groups -OCH3 is 1. The van der Waals surface area contributed by atoms with E-state index in [2.05, 4.69) is 4.74 Å². The first-order chi connectivity index (χ1) is 8.51. The lowest BCUT2D eigenvalue weighted by Crippen LogP contribution is -2.19. The second-order valence-electron chi connectivity index (χ2n) is 3.83. The number of hydrogen-bond donors (Lipinski definition) is 3. The van der Waals surface area contributed by atoms with Gasteiger partial charge in [0, 0.05) is 11.6 Å². The molecular formula is C12H16ClNO4. The summed E-state index contributed by atoms with van der Waals surface area (Å²) >= 11 is 5.49. The molecule has 0 spiro atoms. The Morgan fingerprint density at radius 1 is 1.50 bits per heavy atom. The van der Waals surface area contributed by atoms with E-state index in [-0.39, 0.29) is 23.6 Å². The number of aliphatic hydroxyl groups excluding tert-OH is 2. The Labute approximate surface area is 110 Å². The summed E-state index contributed by atoms with van der Waals surface area (Å²) < 4.78 is 4.56. The first kappa shape index (κ1) is 14.8. The standard InChI is InChI=1S/C12H16ClNO4/c1-18-12(17)8-3-2-7(6-9(8)14)11(16)10(15)4-5-13/h2-3,6,10-11,15-16H,4-5,14H2,1H3. The van der Waals surface area contributed by atoms with E-state index < -0.39 is 18.2 Å². The van der Waals surface area contributed by atoms with Crippen molar-refractivity contribution in [2.24, 2.45) is 0 Å². The molecule has 1 aromatic carbocycles. The predicted octanol–water partition coefficient (Wildman–Crippen LogP) is 1.08. The number of rotatable bonds is 5. The maximum absolute atomic E-state index is 11.3. The van der Waals surface area contributed by atoms with Crippen LogP contribution in [0.1, 0.15) is 28.4 Å². The van der Waals surface area contributed by atoms with E-state index in [0.717, 1.165) is 0 Å². The molecular weight excluding hydrogens is 258 g/mol. The summed E-state index contributed by atoms with van der Waals surface area (Å²) in [4.78, 5) is 11.3. The lowest BCUT2D eigenvalue weighted by molar-refractivity contribution is 0.0170. The fourth-order valence-electron chi connectivity index (χ4n) is 1.55. The number of aliphatic hydroxyl groups is 2. The van der Waals surface area contributed by atoms with Crippen LogP contribution < -0.4 is 5.73 Å². The van der Waals surface area contributed by atoms with Crippen molar-refractivity contribution in [1.82, 2.24) is 0 Å². The van der Waals surface area contributed by atoms with Crippen LogP contribution >= 0.6 is 11.6 Å². The minimum Gasteiger partial charge on any atom is -0.465 e. The molecule has 0 aliphatic heterocycles. The average Bonchev–Trinajstić information content (AvgIpc) is 2.37. The monoisotopic (exact) mass is 273 g/mol. The third-order valence-corrected chi connectivity index (χ3v) is 2.81. The van der Waals surface area contributed by atoms with Crippen molar-refractivity contribution in [3.63, 3.8) is 0 Å². The third kappa shape index (κ3) is 3.35. The van der Waals surface area contributed by atoms with Gasteiger partial charge in [-0.2, -0.15) is 0 Å². The highest BCUT2D eigenvalue weighted by Crippen LogP contribution is 2.24. The molecule has 5 nitrogen and oxygen atoms in total. The number of benzene rings is 1. The molecule has 1 aromatic rings. The molecule has 4 N–H and O–H groups in total. The van der Waals surface area contributed by atoms with Gasteiger partial charge in [0.2, 0.25) is 0 Å². The lowest BCUT2D eigenvalue weighted by Gasteiger charge is -2.18. The fraction of sp³-hybridized carbons (Fsp3) is 0.417. The van der Waals surface area contributed by atoms with Gasteiger partial charge in [0.05, 0.1) is 18.8 Å². The number of alkyl halides is 1. The van der Waals surface area contributed by atoms with Crippen molar-refractivity contribution >= 4 is 23.3 Å². The van der Waals surface area contributed by atoms with Gasteiger partial charge < -0.3 is 20.7 Å². The molecule has 0 heterocycles. The van der Waals surface area contributed by atoms with Crippen molar-refractivity contribution in [1.29, 1.82) is 0 Å². The quantitative estimate of drug-likeness (QED) is 0.424. The summed E-state index contributed by atoms with van der Waals surface area (Å²) in [7, 11) is 1.26. The second-order valence-corrected chi connectivity index (χ2v) is 4.21. The number of hydrogen-bond acceptors (Lipinski definition) is 5. The molecule has 1 rings (SSSR count). The summed E-state index contributed by atoms with van der Waals surface area (Å²) in [6.45, 7) is 0. The van der Waals surface area contributed by atoms with Crippen LogP contribution in [0, 0.1) is 0 Å². The van der Waals surface area contributed by atoms with Crippen molar-refractivity contribution in [2.45, 2.75) is 18.6 Å². The summed E-state index contributed by atoms with van der Waals surface area (Å²) in [5, 5.41) is 19.5. The SMILES string of the molecule is COC(=O)c1ccc(C(O)C(O)CCCl)cc1N. The molecule has 0 saturated carbocycles. The number of carbonyl (C=O) groups excluding carboxylic acids is 1. The smallest absolute Gasteiger partial charge is 0.339 e. The number of ether oxygens (including phenoxy) is 1. The van der Waals surface area contributed by atoms with Crippen molar-refractivity contribution in [3.05, 3.63) is 29.3 Å². The maximum Gasteiger partial charge on any atom is 0.339 e. The van der Waals surface area contributed by atoms with E-state index in [1.54, 1.807) is 0 Å². The molecule has 0 aliphatic carbocycles. The molecule has 6 heteroatoms. The van der Waals surface area contributed by atoms with Gasteiger partial charge in [-0.25, -0.2) is 4.79 Å². The summed E-state index contributed by atoms with van der Waals surface area (Å²) in [5.41, 5.74) is 6.53. The highest BCUT2D eigenvalue weighted by molar-refractivity contribution is 6.17. The number of nitrogen functional groups attached to an aromatic ring is 1. The van der Waals surface area contributed by atoms with Crippen molar-refractivity contribution < 1.29 is 19.7 Å². The Morgan fingerprint density at radius 2 is 2.17 bits per heavy atom. The first-order valence-electron chi connectivity index (χ1n) is 5.41. The van der Waals surface area contributed by atoms with Gasteiger partial charge in [-0.1, -0.05) is 6.07 Å². The highest BCUT2D eigenvalue weighted by Gasteiger charge is 2.19. The number of nitrogens with two attached hydrogens (primary N) is 1. The molecule has 100 valence electrons. The van der Waals surface area contributed by atoms with Gasteiger partial charge >= 0.3 is 5.97 Å². The van der Waals surface area contributed by atoms with E-state index in [9.17, 15) is 15.0 Å². The van der Waals surface area contributed by atoms with Crippen LogP contribution in [0.2, 0.25) is 0 Å². The zero-order valence-corrected chi connectivity index (χ0v) is 10.7. The summed E-state index contributed by atoms with van der Waals surface area (Å²) in [6, 6.07) is 4.41. The van der Waals surface area contributed by atoms with E-state index in [4.69, 9.17) is 17.3 Å². The minimum atomic E-state index is -1.09. The zero-order chi connectivity index (χ0) is 13.7. The van der Waals surface area contributed by atoms with Gasteiger partial charge in [-0.15, -0.1) is 11.6 Å². The molecule has 0 aromatic heterocycles. The molecule has 0 amide bonds. The Kier molecular flexibility index (Phi) is 5.40. The minimum absolute atomic E-state index is 0.191. The van der Waals surface area contributed by atoms with E-state index in [1.807, 2.05) is 0 Å². The predicted molar refractivity (Wildman–Crippen MR) is 68.5 cm³/mol. The van der Waals surface area contributed by atoms with Crippen LogP contribution in [0.25, 0.3) is 0 Å². The van der Waals surface area contributed by atoms with Crippen molar-refractivity contribution in [3.8, 4) is 0 Å². The van der Waals surface area contributed by atoms with E-state index >= 15 is 0 Å². The maximum atomic E-state index is 11.3. The molecule has 0 radical (unpaired) electrons. The molecule has 2 unspecified atom stereocenters. The number of carbonyl (C=O) groups is 1. The third-order valence-electron chi connectivity index (χ3n) is 2.59. The summed E-state index contributed by atoms with van der Waals surface area (Å²) in [6.07, 6.45) is -1.79. The van der Waals surface area contributed by atoms with Gasteiger partial charge in [0.15, 0.2) is 0 Å². The van der Waals surface area contributed by atoms with Gasteiger partial charge in [0.1, 0.15) is 6.10 Å². The van der Waals surface area contributed by atoms with Crippen LogP contribution in [-0.2, 0) is 4.74 Å². The van der Waals surface area contributed by atoms with Crippen LogP contribution in [0.15, 0.2) is 18.2 Å². The molecule has 0 bridgehead atoms. The number of anilines is 1. The van der Waals surface area contributed by atoms with Crippen LogP contribution in [0.4, 0.5) is 5.69 Å². The van der Waals surface area contributed by atoms with Crippen LogP contribution in [0.5, 0.6) is 0 Å². The molecule has 0 saturated heterocycles. The Balaban J connectivity index is 2.93. The zero-order valence-electron chi connectivity index (χ0n) is 9.97. The van der Waals surface area contributed by atoms with Gasteiger partial charge in [-0.3, -0.25) is 0 Å². The Hall–Kier alpha value is -1.30. The van der Waals surface area contributed by atoms with Crippen LogP contribution in [0.3, 0.4) is 0 Å². The lowest BCUT2D eigenvalue weighted by atomic mass is 10.00. The molecule has 0 aliphatic rings. The van der Waals surface area contributed by atoms with E-state index in [1.165, 1.54) is 25.3 Å². The molecule has 18 heavy (non-hydrogen) atoms. The second kappa shape index (κ2) is 6.58. The van der Waals surface area contributed by atoms with Gasteiger partial charge in [-0.05, 0) is 24.1 Å². The van der Waals surface area contributed by atoms with E-state index in [0.29, 0.717) is 5.56 Å². The van der Waals surface area contributed by atoms with Crippen molar-refractivity contribution in [2.75, 3.05) is 18.7 Å². The number of halogens is 1. The largest absolute Gasteiger partial charge is 0.465 e. The molecule has 0 fully saturated rings. The molecule has 2 atom stereocenters. The average molecular weight is 274 g/mol. The van der Waals surface area contributed by atoms with Gasteiger partial charge in [0.25, 0.3) is 0 Å². The Bertz CT molecular complexity index is 425. The highest BCUT2D eigenvalue weighted by atomic mass is 35.5. The van der Waals surface area contributed by atoms with Crippen LogP contribution in [-0.4, -0.2) is 35.3 Å². The topological polar surface area (TPSA) is 92.8 Å². The fourth-order valence-corrected chi connectivity index (χ4v) is 1.78. The Morgan fingerprint density at radius 3 is 2.67 bits per heavy atom. The summed E-state index contributed by atoms with van der Waals surface area (Å²) in [5.74, 6) is -0.302. The number of esters is 1.